The summed E-state index contributed by atoms with van der Waals surface area (Å²) < 4.78 is 3.60. The van der Waals surface area contributed by atoms with Crippen LogP contribution in [0.1, 0.15) is 22.3 Å². The summed E-state index contributed by atoms with van der Waals surface area (Å²) in [4.78, 5) is 12.4. The molecular formula is C18H20N4O. The predicted octanol–water partition coefficient (Wildman–Crippen LogP) is 2.57. The van der Waals surface area contributed by atoms with Crippen molar-refractivity contribution in [3.05, 3.63) is 72.2 Å². The summed E-state index contributed by atoms with van der Waals surface area (Å²) in [6.07, 6.45) is 7.29. The van der Waals surface area contributed by atoms with Gasteiger partial charge >= 0.3 is 0 Å². The molecule has 0 spiro atoms. The number of hydrogen-bond donors (Lipinski definition) is 1. The number of hydrogen-bond acceptors (Lipinski definition) is 2. The van der Waals surface area contributed by atoms with Crippen LogP contribution in [0.25, 0.3) is 5.82 Å². The summed E-state index contributed by atoms with van der Waals surface area (Å²) in [6.45, 7) is 0.647. The number of aryl methyl sites for hydroxylation is 2. The van der Waals surface area contributed by atoms with Crippen LogP contribution in [0.4, 0.5) is 0 Å². The van der Waals surface area contributed by atoms with E-state index in [4.69, 9.17) is 0 Å². The molecular weight excluding hydrogens is 288 g/mol. The van der Waals surface area contributed by atoms with Gasteiger partial charge in [0.15, 0.2) is 0 Å². The van der Waals surface area contributed by atoms with Gasteiger partial charge in [0.25, 0.3) is 5.91 Å². The third-order valence-corrected chi connectivity index (χ3v) is 3.77. The van der Waals surface area contributed by atoms with Crippen LogP contribution in [-0.2, 0) is 13.5 Å². The van der Waals surface area contributed by atoms with Gasteiger partial charge in [-0.2, -0.15) is 5.10 Å². The lowest BCUT2D eigenvalue weighted by Crippen LogP contribution is -2.25. The lowest BCUT2D eigenvalue weighted by Gasteiger charge is -2.08. The van der Waals surface area contributed by atoms with Crippen molar-refractivity contribution >= 4 is 5.91 Å². The van der Waals surface area contributed by atoms with E-state index in [1.54, 1.807) is 10.9 Å². The average Bonchev–Trinajstić information content (AvgIpc) is 3.21. The highest BCUT2D eigenvalue weighted by molar-refractivity contribution is 5.97. The molecule has 2 aromatic heterocycles. The Bertz CT molecular complexity index is 760. The zero-order valence-electron chi connectivity index (χ0n) is 13.1. The molecule has 0 aliphatic rings. The minimum Gasteiger partial charge on any atom is -0.352 e. The van der Waals surface area contributed by atoms with Gasteiger partial charge in [0, 0.05) is 26.0 Å². The summed E-state index contributed by atoms with van der Waals surface area (Å²) in [5.74, 6) is 0.686. The molecule has 0 radical (unpaired) electrons. The fourth-order valence-corrected chi connectivity index (χ4v) is 2.61. The monoisotopic (exact) mass is 308 g/mol. The van der Waals surface area contributed by atoms with Gasteiger partial charge in [-0.05, 0) is 30.5 Å². The Kier molecular flexibility index (Phi) is 4.57. The molecule has 0 fully saturated rings. The third kappa shape index (κ3) is 3.51. The maximum absolute atomic E-state index is 12.4. The van der Waals surface area contributed by atoms with Gasteiger partial charge in [0.05, 0.1) is 6.20 Å². The van der Waals surface area contributed by atoms with Crippen molar-refractivity contribution in [3.8, 4) is 5.82 Å². The molecule has 1 amide bonds. The highest BCUT2D eigenvalue weighted by atomic mass is 16.1. The zero-order chi connectivity index (χ0) is 16.1. The van der Waals surface area contributed by atoms with Crippen LogP contribution in [-0.4, -0.2) is 26.8 Å². The van der Waals surface area contributed by atoms with Crippen molar-refractivity contribution in [1.82, 2.24) is 19.7 Å². The summed E-state index contributed by atoms with van der Waals surface area (Å²) in [7, 11) is 1.83. The van der Waals surface area contributed by atoms with Crippen molar-refractivity contribution in [3.63, 3.8) is 0 Å². The first kappa shape index (κ1) is 15.1. The maximum atomic E-state index is 12.4. The van der Waals surface area contributed by atoms with Crippen LogP contribution < -0.4 is 5.32 Å². The van der Waals surface area contributed by atoms with E-state index in [1.165, 1.54) is 5.56 Å². The molecule has 0 aliphatic heterocycles. The summed E-state index contributed by atoms with van der Waals surface area (Å²) in [5, 5.41) is 7.18. The largest absolute Gasteiger partial charge is 0.352 e. The van der Waals surface area contributed by atoms with Crippen LogP contribution in [0.5, 0.6) is 0 Å². The minimum absolute atomic E-state index is 0.0881. The number of rotatable bonds is 6. The average molecular weight is 308 g/mol. The van der Waals surface area contributed by atoms with E-state index >= 15 is 0 Å². The smallest absolute Gasteiger partial charge is 0.256 e. The molecule has 118 valence electrons. The van der Waals surface area contributed by atoms with Gasteiger partial charge in [0.2, 0.25) is 0 Å². The van der Waals surface area contributed by atoms with Crippen molar-refractivity contribution in [2.45, 2.75) is 12.8 Å². The number of amides is 1. The molecule has 1 aromatic carbocycles. The fraction of sp³-hybridized carbons (Fsp3) is 0.222. The highest BCUT2D eigenvalue weighted by Gasteiger charge is 2.16. The van der Waals surface area contributed by atoms with Gasteiger partial charge in [-0.1, -0.05) is 30.3 Å². The first-order chi connectivity index (χ1) is 11.3. The number of carbonyl (C=O) groups excluding carboxylic acids is 1. The van der Waals surface area contributed by atoms with E-state index in [1.807, 2.05) is 54.3 Å². The minimum atomic E-state index is -0.0881. The predicted molar refractivity (Wildman–Crippen MR) is 89.6 cm³/mol. The number of aromatic nitrogens is 3. The van der Waals surface area contributed by atoms with Crippen LogP contribution in [0, 0.1) is 0 Å². The van der Waals surface area contributed by atoms with Gasteiger partial charge in [-0.15, -0.1) is 0 Å². The lowest BCUT2D eigenvalue weighted by atomic mass is 10.1. The van der Waals surface area contributed by atoms with Crippen LogP contribution in [0.3, 0.4) is 0 Å². The van der Waals surface area contributed by atoms with Crippen LogP contribution in [0.15, 0.2) is 61.1 Å². The van der Waals surface area contributed by atoms with E-state index in [-0.39, 0.29) is 5.91 Å². The van der Waals surface area contributed by atoms with E-state index in [0.717, 1.165) is 18.7 Å². The van der Waals surface area contributed by atoms with Crippen molar-refractivity contribution in [2.24, 2.45) is 7.05 Å². The second-order valence-electron chi connectivity index (χ2n) is 5.44. The Balaban J connectivity index is 1.59. The normalized spacial score (nSPS) is 10.7. The van der Waals surface area contributed by atoms with Gasteiger partial charge < -0.3 is 9.88 Å². The Hall–Kier alpha value is -2.82. The molecule has 5 nitrogen and oxygen atoms in total. The molecule has 0 aliphatic carbocycles. The molecule has 0 bridgehead atoms. The molecule has 3 rings (SSSR count). The Morgan fingerprint density at radius 1 is 1.13 bits per heavy atom. The Morgan fingerprint density at radius 3 is 2.61 bits per heavy atom. The summed E-state index contributed by atoms with van der Waals surface area (Å²) in [5.41, 5.74) is 1.87. The van der Waals surface area contributed by atoms with Crippen molar-refractivity contribution in [1.29, 1.82) is 0 Å². The number of nitrogens with zero attached hydrogens (tertiary/aromatic N) is 3. The number of carbonyl (C=O) groups is 1. The third-order valence-electron chi connectivity index (χ3n) is 3.77. The highest BCUT2D eigenvalue weighted by Crippen LogP contribution is 2.13. The maximum Gasteiger partial charge on any atom is 0.256 e. The topological polar surface area (TPSA) is 51.9 Å². The Morgan fingerprint density at radius 2 is 1.87 bits per heavy atom. The summed E-state index contributed by atoms with van der Waals surface area (Å²) in [6, 6.07) is 14.1. The molecule has 0 saturated carbocycles. The molecule has 3 aromatic rings. The molecule has 2 heterocycles. The van der Waals surface area contributed by atoms with Gasteiger partial charge in [0.1, 0.15) is 11.4 Å². The Labute approximate surface area is 135 Å². The van der Waals surface area contributed by atoms with E-state index < -0.39 is 0 Å². The molecule has 0 atom stereocenters. The lowest BCUT2D eigenvalue weighted by molar-refractivity contribution is 0.0953. The van der Waals surface area contributed by atoms with Crippen molar-refractivity contribution < 1.29 is 4.79 Å². The SMILES string of the molecule is Cn1ncc(C(=O)NCCCc2ccccc2)c1-n1cccc1. The van der Waals surface area contributed by atoms with Crippen molar-refractivity contribution in [2.75, 3.05) is 6.54 Å². The molecule has 1 N–H and O–H groups in total. The molecule has 0 unspecified atom stereocenters. The first-order valence-corrected chi connectivity index (χ1v) is 7.73. The number of nitrogens with one attached hydrogen (secondary N) is 1. The van der Waals surface area contributed by atoms with E-state index in [2.05, 4.69) is 22.5 Å². The van der Waals surface area contributed by atoms with Gasteiger partial charge in [-0.25, -0.2) is 0 Å². The first-order valence-electron chi connectivity index (χ1n) is 7.73. The zero-order valence-corrected chi connectivity index (χ0v) is 13.1. The van der Waals surface area contributed by atoms with Crippen LogP contribution >= 0.6 is 0 Å². The fourth-order valence-electron chi connectivity index (χ4n) is 2.61. The summed E-state index contributed by atoms with van der Waals surface area (Å²) >= 11 is 0. The van der Waals surface area contributed by atoms with E-state index in [9.17, 15) is 4.79 Å². The number of benzene rings is 1. The molecule has 23 heavy (non-hydrogen) atoms. The molecule has 5 heteroatoms. The molecule has 0 saturated heterocycles. The van der Waals surface area contributed by atoms with Crippen LogP contribution in [0.2, 0.25) is 0 Å². The second-order valence-corrected chi connectivity index (χ2v) is 5.44. The van der Waals surface area contributed by atoms with Gasteiger partial charge in [-0.3, -0.25) is 9.48 Å². The standard InChI is InChI=1S/C18H20N4O/c1-21-18(22-12-5-6-13-22)16(14-20-21)17(23)19-11-7-10-15-8-3-2-4-9-15/h2-6,8-9,12-14H,7,10-11H2,1H3,(H,19,23). The quantitative estimate of drug-likeness (QED) is 0.712. The van der Waals surface area contributed by atoms with E-state index in [0.29, 0.717) is 12.1 Å². The second kappa shape index (κ2) is 6.96.